The third kappa shape index (κ3) is 58.1. The van der Waals surface area contributed by atoms with Crippen molar-refractivity contribution in [2.45, 2.75) is 47.0 Å². The first-order chi connectivity index (χ1) is 11.0. The number of carbonyl (C=O) groups is 3. The van der Waals surface area contributed by atoms with E-state index in [2.05, 4.69) is 65.6 Å². The van der Waals surface area contributed by atoms with Gasteiger partial charge in [-0.3, -0.25) is 14.4 Å². The van der Waals surface area contributed by atoms with Crippen molar-refractivity contribution in [2.24, 2.45) is 0 Å². The molecule has 0 saturated carbocycles. The van der Waals surface area contributed by atoms with E-state index in [0.29, 0.717) is 17.3 Å². The minimum Gasteiger partial charge on any atom is -0.481 e. The lowest BCUT2D eigenvalue weighted by Gasteiger charge is -1.88. The maximum absolute atomic E-state index is 9.55. The van der Waals surface area contributed by atoms with Gasteiger partial charge in [0.15, 0.2) is 0 Å². The van der Waals surface area contributed by atoms with Crippen LogP contribution >= 0.6 is 37.9 Å². The lowest BCUT2D eigenvalue weighted by atomic mass is 10.2. The normalized spacial score (nSPS) is 8.12. The van der Waals surface area contributed by atoms with Crippen molar-refractivity contribution < 1.29 is 29.7 Å². The van der Waals surface area contributed by atoms with Crippen molar-refractivity contribution in [1.29, 1.82) is 0 Å². The maximum Gasteiger partial charge on any atom is 0.304 e. The van der Waals surface area contributed by atoms with Gasteiger partial charge in [-0.2, -0.15) is 37.9 Å². The molecule has 0 atom stereocenters. The standard InChI is InChI=1S/C6H12.3C3H6O2S/c1-5(2)6(3)4;3*4-3(5)1-2-6/h1-4H3;3*6H,1-2H2,(H,4,5). The average molecular weight is 403 g/mol. The Kier molecular flexibility index (Phi) is 31.6. The Morgan fingerprint density at radius 3 is 0.750 bits per heavy atom. The highest BCUT2D eigenvalue weighted by Crippen LogP contribution is 1.97. The van der Waals surface area contributed by atoms with Crippen LogP contribution in [-0.4, -0.2) is 50.5 Å². The average Bonchev–Trinajstić information content (AvgIpc) is 2.39. The first kappa shape index (κ1) is 31.0. The molecule has 0 fully saturated rings. The van der Waals surface area contributed by atoms with Gasteiger partial charge in [0, 0.05) is 17.3 Å². The summed E-state index contributed by atoms with van der Waals surface area (Å²) < 4.78 is 0. The Morgan fingerprint density at radius 2 is 0.750 bits per heavy atom. The molecular formula is C15H30O6S3. The Morgan fingerprint density at radius 1 is 0.583 bits per heavy atom. The van der Waals surface area contributed by atoms with E-state index in [1.165, 1.54) is 11.1 Å². The molecule has 144 valence electrons. The zero-order valence-electron chi connectivity index (χ0n) is 14.7. The molecule has 0 amide bonds. The number of rotatable bonds is 6. The topological polar surface area (TPSA) is 112 Å². The predicted octanol–water partition coefficient (Wildman–Crippen LogP) is 3.54. The summed E-state index contributed by atoms with van der Waals surface area (Å²) in [5.41, 5.74) is 2.85. The number of aliphatic carboxylic acids is 3. The molecule has 0 aromatic carbocycles. The van der Waals surface area contributed by atoms with E-state index in [-0.39, 0.29) is 19.3 Å². The van der Waals surface area contributed by atoms with E-state index in [1.54, 1.807) is 0 Å². The second kappa shape index (κ2) is 24.5. The van der Waals surface area contributed by atoms with Crippen LogP contribution in [0.5, 0.6) is 0 Å². The van der Waals surface area contributed by atoms with Crippen LogP contribution in [0.15, 0.2) is 11.1 Å². The molecule has 0 aliphatic rings. The van der Waals surface area contributed by atoms with Crippen molar-refractivity contribution in [1.82, 2.24) is 0 Å². The van der Waals surface area contributed by atoms with Crippen LogP contribution in [0.25, 0.3) is 0 Å². The maximum atomic E-state index is 9.55. The molecule has 0 aliphatic heterocycles. The van der Waals surface area contributed by atoms with Gasteiger partial charge < -0.3 is 15.3 Å². The number of allylic oxidation sites excluding steroid dienone is 2. The molecule has 0 rings (SSSR count). The summed E-state index contributed by atoms with van der Waals surface area (Å²) in [6, 6.07) is 0. The van der Waals surface area contributed by atoms with Crippen molar-refractivity contribution in [3.8, 4) is 0 Å². The van der Waals surface area contributed by atoms with Crippen LogP contribution < -0.4 is 0 Å². The second-order valence-corrected chi connectivity index (χ2v) is 5.94. The molecule has 6 nitrogen and oxygen atoms in total. The van der Waals surface area contributed by atoms with Crippen LogP contribution in [0.1, 0.15) is 47.0 Å². The number of carboxylic acids is 3. The summed E-state index contributed by atoms with van der Waals surface area (Å²) >= 11 is 11.0. The first-order valence-corrected chi connectivity index (χ1v) is 8.94. The highest BCUT2D eigenvalue weighted by atomic mass is 32.1. The van der Waals surface area contributed by atoms with Gasteiger partial charge in [0.2, 0.25) is 0 Å². The fraction of sp³-hybridized carbons (Fsp3) is 0.667. The third-order valence-corrected chi connectivity index (χ3v) is 2.65. The highest BCUT2D eigenvalue weighted by Gasteiger charge is 1.89. The third-order valence-electron chi connectivity index (χ3n) is 1.98. The molecule has 0 bridgehead atoms. The summed E-state index contributed by atoms with van der Waals surface area (Å²) in [5.74, 6) is -1.08. The minimum absolute atomic E-state index is 0.156. The smallest absolute Gasteiger partial charge is 0.304 e. The molecule has 24 heavy (non-hydrogen) atoms. The van der Waals surface area contributed by atoms with E-state index in [9.17, 15) is 14.4 Å². The molecule has 0 aliphatic carbocycles. The Balaban J connectivity index is -0.000000111. The number of hydrogen-bond donors (Lipinski definition) is 6. The van der Waals surface area contributed by atoms with E-state index < -0.39 is 17.9 Å². The van der Waals surface area contributed by atoms with Gasteiger partial charge in [-0.15, -0.1) is 0 Å². The second-order valence-electron chi connectivity index (χ2n) is 4.60. The van der Waals surface area contributed by atoms with Gasteiger partial charge in [-0.1, -0.05) is 11.1 Å². The predicted molar refractivity (Wildman–Crippen MR) is 108 cm³/mol. The van der Waals surface area contributed by atoms with Gasteiger partial charge in [0.25, 0.3) is 0 Å². The fourth-order valence-corrected chi connectivity index (χ4v) is 0.861. The van der Waals surface area contributed by atoms with Crippen LogP contribution in [0, 0.1) is 0 Å². The van der Waals surface area contributed by atoms with Crippen molar-refractivity contribution in [3.05, 3.63) is 11.1 Å². The van der Waals surface area contributed by atoms with Crippen molar-refractivity contribution in [2.75, 3.05) is 17.3 Å². The number of thiol groups is 3. The van der Waals surface area contributed by atoms with E-state index in [0.717, 1.165) is 0 Å². The summed E-state index contributed by atoms with van der Waals surface area (Å²) in [5, 5.41) is 23.6. The zero-order chi connectivity index (χ0) is 20.1. The SMILES string of the molecule is CC(C)=C(C)C.O=C(O)CCS.O=C(O)CCS.O=C(O)CCS. The Bertz CT molecular complexity index is 314. The van der Waals surface area contributed by atoms with Gasteiger partial charge in [-0.05, 0) is 27.7 Å². The Hall–Kier alpha value is -0.800. The monoisotopic (exact) mass is 402 g/mol. The van der Waals surface area contributed by atoms with Crippen LogP contribution in [0.2, 0.25) is 0 Å². The molecule has 0 heterocycles. The molecule has 3 N–H and O–H groups in total. The number of carboxylic acid groups (broad SMARTS) is 3. The Labute approximate surface area is 161 Å². The molecule has 0 radical (unpaired) electrons. The van der Waals surface area contributed by atoms with Crippen LogP contribution in [0.3, 0.4) is 0 Å². The minimum atomic E-state index is -0.787. The number of hydrogen-bond acceptors (Lipinski definition) is 6. The van der Waals surface area contributed by atoms with Crippen LogP contribution in [0.4, 0.5) is 0 Å². The van der Waals surface area contributed by atoms with Gasteiger partial charge in [0.05, 0.1) is 19.3 Å². The fourth-order valence-electron chi connectivity index (χ4n) is 0.287. The first-order valence-electron chi connectivity index (χ1n) is 7.04. The largest absolute Gasteiger partial charge is 0.481 e. The zero-order valence-corrected chi connectivity index (χ0v) is 17.3. The molecular weight excluding hydrogens is 372 g/mol. The summed E-state index contributed by atoms with van der Waals surface area (Å²) in [6.07, 6.45) is 0.468. The molecule has 0 saturated heterocycles. The van der Waals surface area contributed by atoms with Crippen LogP contribution in [-0.2, 0) is 14.4 Å². The van der Waals surface area contributed by atoms with Crippen molar-refractivity contribution in [3.63, 3.8) is 0 Å². The molecule has 0 aromatic heterocycles. The van der Waals surface area contributed by atoms with Gasteiger partial charge in [0.1, 0.15) is 0 Å². The molecule has 0 spiro atoms. The van der Waals surface area contributed by atoms with Gasteiger partial charge in [-0.25, -0.2) is 0 Å². The van der Waals surface area contributed by atoms with Crippen molar-refractivity contribution >= 4 is 55.8 Å². The van der Waals surface area contributed by atoms with E-state index >= 15 is 0 Å². The molecule has 0 aromatic rings. The molecule has 9 heteroatoms. The summed E-state index contributed by atoms with van der Waals surface area (Å²) in [7, 11) is 0. The quantitative estimate of drug-likeness (QED) is 0.299. The lowest BCUT2D eigenvalue weighted by molar-refractivity contribution is -0.137. The molecule has 0 unspecified atom stereocenters. The highest BCUT2D eigenvalue weighted by molar-refractivity contribution is 7.80. The van der Waals surface area contributed by atoms with Gasteiger partial charge >= 0.3 is 17.9 Å². The van der Waals surface area contributed by atoms with E-state index in [4.69, 9.17) is 15.3 Å². The van der Waals surface area contributed by atoms with E-state index in [1.807, 2.05) is 0 Å². The summed E-state index contributed by atoms with van der Waals surface area (Å²) in [4.78, 5) is 28.7. The summed E-state index contributed by atoms with van der Waals surface area (Å²) in [6.45, 7) is 8.48. The lowest BCUT2D eigenvalue weighted by Crippen LogP contribution is -1.93.